The molecule has 0 bridgehead atoms. The van der Waals surface area contributed by atoms with Crippen LogP contribution in [0, 0.1) is 39.9 Å². The second-order valence-corrected chi connectivity index (χ2v) is 8.33. The Bertz CT molecular complexity index is 1130. The first kappa shape index (κ1) is 23.6. The molecular weight excluding hydrogens is 420 g/mol. The van der Waals surface area contributed by atoms with Gasteiger partial charge in [-0.05, 0) is 42.5 Å². The van der Waals surface area contributed by atoms with Crippen molar-refractivity contribution < 1.29 is 23.8 Å². The summed E-state index contributed by atoms with van der Waals surface area (Å²) in [6, 6.07) is 19.9. The Morgan fingerprint density at radius 3 is 2.36 bits per heavy atom. The Labute approximate surface area is 192 Å². The second kappa shape index (κ2) is 10.0. The second-order valence-electron chi connectivity index (χ2n) is 8.33. The molecule has 0 saturated heterocycles. The number of allylic oxidation sites excluding steroid dienone is 1. The van der Waals surface area contributed by atoms with Crippen LogP contribution in [0.2, 0.25) is 0 Å². The monoisotopic (exact) mass is 444 g/mol. The third-order valence-corrected chi connectivity index (χ3v) is 5.57. The predicted octanol–water partition coefficient (Wildman–Crippen LogP) is 4.87. The molecule has 0 heterocycles. The van der Waals surface area contributed by atoms with Gasteiger partial charge in [-0.15, -0.1) is 0 Å². The maximum absolute atomic E-state index is 12.8. The van der Waals surface area contributed by atoms with E-state index < -0.39 is 35.5 Å². The lowest BCUT2D eigenvalue weighted by Gasteiger charge is -2.13. The van der Waals surface area contributed by atoms with E-state index in [1.807, 2.05) is 56.3 Å². The average molecular weight is 444 g/mol. The minimum absolute atomic E-state index is 0.248. The normalized spacial score (nSPS) is 20.0. The summed E-state index contributed by atoms with van der Waals surface area (Å²) >= 11 is 0. The topological polar surface area (TPSA) is 109 Å². The van der Waals surface area contributed by atoms with Crippen LogP contribution in [-0.4, -0.2) is 18.0 Å². The van der Waals surface area contributed by atoms with Gasteiger partial charge in [-0.2, -0.15) is 10.5 Å². The molecule has 0 aliphatic heterocycles. The summed E-state index contributed by atoms with van der Waals surface area (Å²) in [4.78, 5) is 24.6. The zero-order chi connectivity index (χ0) is 24.0. The van der Waals surface area contributed by atoms with Crippen molar-refractivity contribution in [3.05, 3.63) is 72.3 Å². The van der Waals surface area contributed by atoms with Gasteiger partial charge in [0.2, 0.25) is 6.10 Å². The van der Waals surface area contributed by atoms with Crippen LogP contribution in [0.4, 0.5) is 0 Å². The number of hydrogen-bond acceptors (Lipinski definition) is 7. The van der Waals surface area contributed by atoms with Gasteiger partial charge in [0.25, 0.3) is 0 Å². The van der Waals surface area contributed by atoms with E-state index in [-0.39, 0.29) is 5.92 Å². The third-order valence-electron chi connectivity index (χ3n) is 5.57. The summed E-state index contributed by atoms with van der Waals surface area (Å²) in [5.74, 6) is -0.750. The quantitative estimate of drug-likeness (QED) is 0.422. The summed E-state index contributed by atoms with van der Waals surface area (Å²) in [5.41, 5.74) is 0.0615. The zero-order valence-electron chi connectivity index (χ0n) is 18.6. The highest BCUT2D eigenvalue weighted by Crippen LogP contribution is 2.59. The Balaban J connectivity index is 1.65. The number of ether oxygens (including phenoxy) is 3. The summed E-state index contributed by atoms with van der Waals surface area (Å²) in [7, 11) is 0. The van der Waals surface area contributed by atoms with Crippen LogP contribution in [0.5, 0.6) is 11.5 Å². The van der Waals surface area contributed by atoms with Crippen molar-refractivity contribution in [2.75, 3.05) is 0 Å². The molecule has 3 rings (SSSR count). The predicted molar refractivity (Wildman–Crippen MR) is 118 cm³/mol. The Morgan fingerprint density at radius 2 is 1.70 bits per heavy atom. The number of hydrogen-bond donors (Lipinski definition) is 0. The summed E-state index contributed by atoms with van der Waals surface area (Å²) in [5, 5.41) is 18.3. The molecule has 1 saturated carbocycles. The molecule has 0 N–H and O–H groups in total. The van der Waals surface area contributed by atoms with Crippen molar-refractivity contribution in [3.8, 4) is 23.6 Å². The minimum atomic E-state index is -1.10. The van der Waals surface area contributed by atoms with Gasteiger partial charge >= 0.3 is 11.9 Å². The zero-order valence-corrected chi connectivity index (χ0v) is 18.6. The van der Waals surface area contributed by atoms with E-state index in [4.69, 9.17) is 19.5 Å². The van der Waals surface area contributed by atoms with E-state index in [1.165, 1.54) is 13.0 Å². The molecule has 2 aromatic rings. The molecule has 2 aromatic carbocycles. The molecule has 1 aliphatic rings. The van der Waals surface area contributed by atoms with Crippen molar-refractivity contribution >= 4 is 11.9 Å². The van der Waals surface area contributed by atoms with Crippen molar-refractivity contribution in [2.24, 2.45) is 17.3 Å². The fourth-order valence-electron chi connectivity index (χ4n) is 3.63. The molecule has 7 heteroatoms. The van der Waals surface area contributed by atoms with Crippen LogP contribution in [0.3, 0.4) is 0 Å². The van der Waals surface area contributed by atoms with Gasteiger partial charge in [0.15, 0.2) is 6.10 Å². The number of rotatable bonds is 8. The molecule has 168 valence electrons. The van der Waals surface area contributed by atoms with Gasteiger partial charge in [0.05, 0.1) is 5.92 Å². The highest BCUT2D eigenvalue weighted by Gasteiger charge is 2.61. The lowest BCUT2D eigenvalue weighted by Crippen LogP contribution is -2.14. The fraction of sp³-hybridized carbons (Fsp3) is 0.308. The summed E-state index contributed by atoms with van der Waals surface area (Å²) < 4.78 is 16.2. The molecule has 7 nitrogen and oxygen atoms in total. The highest BCUT2D eigenvalue weighted by atomic mass is 16.5. The number of esters is 2. The molecule has 0 radical (unpaired) electrons. The largest absolute Gasteiger partial charge is 0.457 e. The molecule has 4 atom stereocenters. The van der Waals surface area contributed by atoms with Crippen molar-refractivity contribution in [2.45, 2.75) is 33.0 Å². The standard InChI is InChI=1S/C26H24N2O5/c1-17(15-27)31-23(29)13-12-21-24(26(21,2)3)25(30)33-22(16-28)18-8-7-11-20(14-18)32-19-9-5-4-6-10-19/h4-14,17,21-22,24H,1-3H3/t17-,21+,22-,24+/m1/s1. The van der Waals surface area contributed by atoms with Crippen LogP contribution < -0.4 is 4.74 Å². The van der Waals surface area contributed by atoms with Gasteiger partial charge in [0, 0.05) is 11.6 Å². The first-order valence-electron chi connectivity index (χ1n) is 10.5. The van der Waals surface area contributed by atoms with Gasteiger partial charge in [-0.3, -0.25) is 4.79 Å². The molecule has 0 amide bonds. The van der Waals surface area contributed by atoms with Crippen molar-refractivity contribution in [1.29, 1.82) is 10.5 Å². The van der Waals surface area contributed by atoms with Gasteiger partial charge in [-0.25, -0.2) is 4.79 Å². The summed E-state index contributed by atoms with van der Waals surface area (Å²) in [6.07, 6.45) is 0.862. The van der Waals surface area contributed by atoms with Crippen LogP contribution in [0.25, 0.3) is 0 Å². The lowest BCUT2D eigenvalue weighted by molar-refractivity contribution is -0.149. The summed E-state index contributed by atoms with van der Waals surface area (Å²) in [6.45, 7) is 5.23. The highest BCUT2D eigenvalue weighted by molar-refractivity contribution is 5.83. The van der Waals surface area contributed by atoms with E-state index in [1.54, 1.807) is 30.3 Å². The SMILES string of the molecule is C[C@H](C#N)OC(=O)C=C[C@H]1[C@@H](C(=O)O[C@H](C#N)c2cccc(Oc3ccccc3)c2)C1(C)C. The van der Waals surface area contributed by atoms with E-state index in [9.17, 15) is 14.9 Å². The number of carbonyl (C=O) groups excluding carboxylic acids is 2. The number of benzene rings is 2. The number of carbonyl (C=O) groups is 2. The van der Waals surface area contributed by atoms with Crippen LogP contribution in [0.1, 0.15) is 32.4 Å². The van der Waals surface area contributed by atoms with E-state index in [0.717, 1.165) is 0 Å². The van der Waals surface area contributed by atoms with E-state index >= 15 is 0 Å². The molecule has 0 aromatic heterocycles. The minimum Gasteiger partial charge on any atom is -0.457 e. The van der Waals surface area contributed by atoms with Crippen molar-refractivity contribution in [3.63, 3.8) is 0 Å². The van der Waals surface area contributed by atoms with Crippen LogP contribution in [-0.2, 0) is 19.1 Å². The first-order valence-corrected chi connectivity index (χ1v) is 10.5. The van der Waals surface area contributed by atoms with Crippen LogP contribution in [0.15, 0.2) is 66.7 Å². The smallest absolute Gasteiger partial charge is 0.331 e. The number of nitriles is 2. The Morgan fingerprint density at radius 1 is 1.00 bits per heavy atom. The molecule has 33 heavy (non-hydrogen) atoms. The fourth-order valence-corrected chi connectivity index (χ4v) is 3.63. The number of para-hydroxylation sites is 1. The maximum atomic E-state index is 12.8. The van der Waals surface area contributed by atoms with E-state index in [2.05, 4.69) is 0 Å². The third kappa shape index (κ3) is 5.78. The van der Waals surface area contributed by atoms with Gasteiger partial charge < -0.3 is 14.2 Å². The molecule has 0 unspecified atom stereocenters. The maximum Gasteiger partial charge on any atom is 0.331 e. The Kier molecular flexibility index (Phi) is 7.15. The van der Waals surface area contributed by atoms with Gasteiger partial charge in [-0.1, -0.05) is 50.3 Å². The average Bonchev–Trinajstić information content (AvgIpc) is 3.36. The first-order chi connectivity index (χ1) is 15.8. The lowest BCUT2D eigenvalue weighted by atomic mass is 10.1. The van der Waals surface area contributed by atoms with Crippen molar-refractivity contribution in [1.82, 2.24) is 0 Å². The molecular formula is C26H24N2O5. The van der Waals surface area contributed by atoms with Crippen LogP contribution >= 0.6 is 0 Å². The molecule has 1 aliphatic carbocycles. The molecule has 0 spiro atoms. The Hall–Kier alpha value is -4.10. The van der Waals surface area contributed by atoms with Gasteiger partial charge in [0.1, 0.15) is 23.6 Å². The number of nitrogens with zero attached hydrogens (tertiary/aromatic N) is 2. The molecule has 1 fully saturated rings. The van der Waals surface area contributed by atoms with E-state index in [0.29, 0.717) is 17.1 Å².